The number of rotatable bonds is 20. The maximum Gasteiger partial charge on any atom is 0.376 e. The van der Waals surface area contributed by atoms with Gasteiger partial charge in [0, 0.05) is 96.2 Å². The summed E-state index contributed by atoms with van der Waals surface area (Å²) in [5.74, 6) is -1.40. The van der Waals surface area contributed by atoms with E-state index in [1.54, 1.807) is 36.4 Å². The van der Waals surface area contributed by atoms with Crippen LogP contribution in [-0.2, 0) is 29.0 Å². The third-order valence-corrected chi connectivity index (χ3v) is 13.7. The number of ether oxygens (including phenoxy) is 2. The highest BCUT2D eigenvalue weighted by atomic mass is 17.2. The molecule has 1 fully saturated rings. The van der Waals surface area contributed by atoms with Gasteiger partial charge < -0.3 is 28.1 Å². The van der Waals surface area contributed by atoms with Crippen LogP contribution < -0.4 is 30.1 Å². The second-order valence-corrected chi connectivity index (χ2v) is 18.0. The number of ketones is 2. The molecule has 0 bridgehead atoms. The summed E-state index contributed by atoms with van der Waals surface area (Å²) in [5.41, 5.74) is 3.08. The van der Waals surface area contributed by atoms with Crippen LogP contribution in [0.3, 0.4) is 0 Å². The predicted molar refractivity (Wildman–Crippen MR) is 273 cm³/mol. The average molecular weight is 977 g/mol. The van der Waals surface area contributed by atoms with Crippen molar-refractivity contribution in [2.45, 2.75) is 85.5 Å². The molecule has 4 aromatic rings. The number of carbonyl (C=O) groups is 4. The van der Waals surface area contributed by atoms with Gasteiger partial charge >= 0.3 is 11.9 Å². The lowest BCUT2D eigenvalue weighted by molar-refractivity contribution is -0.264. The number of benzene rings is 6. The van der Waals surface area contributed by atoms with Gasteiger partial charge in [0.25, 0.3) is 0 Å². The van der Waals surface area contributed by atoms with Crippen LogP contribution >= 0.6 is 0 Å². The molecule has 5 aliphatic rings. The molecular weight excluding hydrogens is 921 g/mol. The standard InChI is InChI=1S/C56H56N4O12/c1-5-59(6-2)34-15-21-42-46(28-34)69-48-32-44(61)38-19-17-36(30-40(38)53(48)57-42)67-26-12-9-10-14-52(65)71-72-55(66)56(50(63)23-24-51(56)64)25-11-13-27-68-37-18-20-39-41(31-37)54-49(33-45(39)62)70-47-29-35(60(7-3)8-4)16-22-43(47)58-54/h15-22,28-33H,5-14,23-27H2,1-4H3. The first-order valence-electron chi connectivity index (χ1n) is 24.8. The molecule has 0 atom stereocenters. The first kappa shape index (κ1) is 49.1. The highest BCUT2D eigenvalue weighted by molar-refractivity contribution is 6.26. The number of fused-ring (bicyclic) bond motifs is 8. The molecule has 0 N–H and O–H groups in total. The summed E-state index contributed by atoms with van der Waals surface area (Å²) in [5, 5.41) is 2.15. The van der Waals surface area contributed by atoms with Crippen molar-refractivity contribution in [2.75, 3.05) is 49.2 Å². The van der Waals surface area contributed by atoms with Gasteiger partial charge in [-0.2, -0.15) is 0 Å². The van der Waals surface area contributed by atoms with Crippen LogP contribution in [0.4, 0.5) is 11.4 Å². The Morgan fingerprint density at radius 3 is 1.53 bits per heavy atom. The van der Waals surface area contributed by atoms with Gasteiger partial charge in [0.2, 0.25) is 0 Å². The van der Waals surface area contributed by atoms with Crippen LogP contribution in [0.15, 0.2) is 103 Å². The molecule has 2 aliphatic heterocycles. The van der Waals surface area contributed by atoms with Crippen molar-refractivity contribution >= 4 is 78.6 Å². The molecule has 0 amide bonds. The normalized spacial score (nSPS) is 13.4. The van der Waals surface area contributed by atoms with Gasteiger partial charge in [-0.05, 0) is 127 Å². The summed E-state index contributed by atoms with van der Waals surface area (Å²) >= 11 is 0. The predicted octanol–water partition coefficient (Wildman–Crippen LogP) is 10.0. The van der Waals surface area contributed by atoms with Crippen molar-refractivity contribution in [1.29, 1.82) is 0 Å². The SMILES string of the molecule is CCN(CC)c1ccc2nc3c4cc(OCCCCCC(=O)OOC(=O)C5(CCCCOc6ccc7c(=O)cc8oc9cc(N(CC)CC)ccc9nc-8c7c6)C(=O)CCC5=O)ccc4c(=O)cc-3oc2c1. The van der Waals surface area contributed by atoms with Gasteiger partial charge in [-0.1, -0.05) is 0 Å². The number of Topliss-reactive ketones (excluding diaryl/α,β-unsaturated/α-hetero) is 2. The highest BCUT2D eigenvalue weighted by Crippen LogP contribution is 2.39. The van der Waals surface area contributed by atoms with E-state index in [1.807, 2.05) is 36.4 Å². The van der Waals surface area contributed by atoms with E-state index in [1.165, 1.54) is 12.1 Å². The van der Waals surface area contributed by atoms with Crippen LogP contribution in [0.5, 0.6) is 11.5 Å². The fourth-order valence-corrected chi connectivity index (χ4v) is 9.67. The Morgan fingerprint density at radius 2 is 1.04 bits per heavy atom. The van der Waals surface area contributed by atoms with Crippen molar-refractivity contribution in [3.63, 3.8) is 0 Å². The van der Waals surface area contributed by atoms with E-state index in [2.05, 4.69) is 37.5 Å². The highest BCUT2D eigenvalue weighted by Gasteiger charge is 2.57. The van der Waals surface area contributed by atoms with Gasteiger partial charge in [0.1, 0.15) is 33.9 Å². The third-order valence-electron chi connectivity index (χ3n) is 13.7. The number of aromatic nitrogens is 2. The monoisotopic (exact) mass is 976 g/mol. The minimum absolute atomic E-state index is 0.0762. The number of anilines is 2. The van der Waals surface area contributed by atoms with Crippen molar-refractivity contribution in [3.05, 3.63) is 105 Å². The van der Waals surface area contributed by atoms with E-state index in [0.29, 0.717) is 110 Å². The van der Waals surface area contributed by atoms with Gasteiger partial charge in [0.15, 0.2) is 50.5 Å². The minimum atomic E-state index is -2.06. The van der Waals surface area contributed by atoms with Crippen molar-refractivity contribution in [1.82, 2.24) is 9.97 Å². The van der Waals surface area contributed by atoms with E-state index in [9.17, 15) is 28.8 Å². The summed E-state index contributed by atoms with van der Waals surface area (Å²) < 4.78 is 24.5. The number of carbonyl (C=O) groups excluding carboxylic acids is 4. The fourth-order valence-electron chi connectivity index (χ4n) is 9.67. The summed E-state index contributed by atoms with van der Waals surface area (Å²) in [6.45, 7) is 12.2. The molecule has 0 spiro atoms. The molecule has 0 unspecified atom stereocenters. The zero-order valence-corrected chi connectivity index (χ0v) is 40.9. The summed E-state index contributed by atoms with van der Waals surface area (Å²) in [4.78, 5) is 102. The van der Waals surface area contributed by atoms with Crippen molar-refractivity contribution < 1.29 is 47.3 Å². The lowest BCUT2D eigenvalue weighted by Gasteiger charge is -2.22. The Kier molecular flexibility index (Phi) is 14.5. The van der Waals surface area contributed by atoms with Crippen LogP contribution in [0.25, 0.3) is 66.7 Å². The van der Waals surface area contributed by atoms with E-state index in [-0.39, 0.29) is 49.6 Å². The largest absolute Gasteiger partial charge is 0.494 e. The van der Waals surface area contributed by atoms with Gasteiger partial charge in [-0.15, -0.1) is 0 Å². The Labute approximate surface area is 414 Å². The fraction of sp³-hybridized carbons (Fsp3) is 0.357. The zero-order valence-electron chi connectivity index (χ0n) is 40.9. The Morgan fingerprint density at radius 1 is 0.556 bits per heavy atom. The van der Waals surface area contributed by atoms with Gasteiger partial charge in [-0.25, -0.2) is 29.3 Å². The Hall–Kier alpha value is -7.88. The first-order chi connectivity index (χ1) is 34.9. The Bertz CT molecular complexity index is 3390. The van der Waals surface area contributed by atoms with E-state index in [0.717, 1.165) is 37.6 Å². The molecule has 9 rings (SSSR count). The third kappa shape index (κ3) is 9.77. The van der Waals surface area contributed by atoms with E-state index >= 15 is 0 Å². The molecule has 16 nitrogen and oxygen atoms in total. The number of hydrogen-bond donors (Lipinski definition) is 0. The maximum absolute atomic E-state index is 13.4. The maximum atomic E-state index is 13.4. The number of nitrogens with zero attached hydrogens (tertiary/aromatic N) is 4. The molecule has 1 saturated carbocycles. The lowest BCUT2D eigenvalue weighted by Crippen LogP contribution is -2.43. The van der Waals surface area contributed by atoms with Crippen LogP contribution in [0, 0.1) is 5.41 Å². The van der Waals surface area contributed by atoms with E-state index in [4.69, 9.17) is 38.1 Å². The van der Waals surface area contributed by atoms with Crippen molar-refractivity contribution in [2.24, 2.45) is 5.41 Å². The molecule has 372 valence electrons. The topological polar surface area (TPSA) is 198 Å². The number of unbranched alkanes of at least 4 members (excludes halogenated alkanes) is 3. The molecule has 72 heavy (non-hydrogen) atoms. The summed E-state index contributed by atoms with van der Waals surface area (Å²) in [6.07, 6.45) is 1.74. The molecular formula is C56H56N4O12. The minimum Gasteiger partial charge on any atom is -0.494 e. The second kappa shape index (κ2) is 21.2. The smallest absolute Gasteiger partial charge is 0.376 e. The van der Waals surface area contributed by atoms with E-state index < -0.39 is 28.9 Å². The summed E-state index contributed by atoms with van der Waals surface area (Å²) in [7, 11) is 0. The second-order valence-electron chi connectivity index (χ2n) is 18.0. The summed E-state index contributed by atoms with van der Waals surface area (Å²) in [6, 6.07) is 24.9. The van der Waals surface area contributed by atoms with Crippen LogP contribution in [-0.4, -0.2) is 72.9 Å². The first-order valence-corrected chi connectivity index (χ1v) is 24.8. The van der Waals surface area contributed by atoms with Gasteiger partial charge in [0.05, 0.1) is 19.6 Å². The molecule has 2 heterocycles. The molecule has 4 aromatic carbocycles. The molecule has 0 saturated heterocycles. The van der Waals surface area contributed by atoms with Crippen LogP contribution in [0.1, 0.15) is 85.5 Å². The Balaban J connectivity index is 0.743. The van der Waals surface area contributed by atoms with Crippen LogP contribution in [0.2, 0.25) is 0 Å². The van der Waals surface area contributed by atoms with Crippen molar-refractivity contribution in [3.8, 4) is 34.4 Å². The average Bonchev–Trinajstić information content (AvgIpc) is 3.68. The molecule has 0 radical (unpaired) electrons. The van der Waals surface area contributed by atoms with Gasteiger partial charge in [-0.3, -0.25) is 19.2 Å². The molecule has 3 aliphatic carbocycles. The zero-order chi connectivity index (χ0) is 50.5. The molecule has 16 heteroatoms. The molecule has 0 aromatic heterocycles. The lowest BCUT2D eigenvalue weighted by atomic mass is 9.79. The quantitative estimate of drug-likeness (QED) is 0.0174. The number of hydrogen-bond acceptors (Lipinski definition) is 16.